The summed E-state index contributed by atoms with van der Waals surface area (Å²) in [6.45, 7) is 4.18. The fourth-order valence-corrected chi connectivity index (χ4v) is 3.94. The minimum Gasteiger partial charge on any atom is -0.496 e. The molecule has 0 unspecified atom stereocenters. The van der Waals surface area contributed by atoms with Crippen LogP contribution < -0.4 is 10.1 Å². The Bertz CT molecular complexity index is 1010. The minimum absolute atomic E-state index is 0.0487. The van der Waals surface area contributed by atoms with Crippen LogP contribution in [0.4, 0.5) is 5.69 Å². The molecule has 0 saturated carbocycles. The third kappa shape index (κ3) is 4.03. The number of halogens is 2. The molecule has 3 aromatic carbocycles. The molecule has 0 bridgehead atoms. The zero-order chi connectivity index (χ0) is 20.3. The molecule has 0 radical (unpaired) electrons. The van der Waals surface area contributed by atoms with E-state index in [1.807, 2.05) is 37.3 Å². The van der Waals surface area contributed by atoms with Crippen LogP contribution in [0.1, 0.15) is 12.5 Å². The zero-order valence-corrected chi connectivity index (χ0v) is 17.4. The summed E-state index contributed by atoms with van der Waals surface area (Å²) in [4.78, 5) is 11.5. The van der Waals surface area contributed by atoms with Gasteiger partial charge in [0.05, 0.1) is 23.8 Å². The quantitative estimate of drug-likeness (QED) is 0.491. The number of anilines is 1. The van der Waals surface area contributed by atoms with E-state index in [-0.39, 0.29) is 12.5 Å². The number of fused-ring (bicyclic) bond motifs is 1. The predicted octanol–water partition coefficient (Wildman–Crippen LogP) is 6.11. The van der Waals surface area contributed by atoms with Gasteiger partial charge in [0.15, 0.2) is 0 Å². The molecule has 146 valence electrons. The number of carbonyl (C=O) groups excluding carboxylic acids is 1. The average molecular weight is 418 g/mol. The van der Waals surface area contributed by atoms with Crippen LogP contribution in [0.5, 0.6) is 5.75 Å². The van der Waals surface area contributed by atoms with Gasteiger partial charge in [0, 0.05) is 11.3 Å². The van der Waals surface area contributed by atoms with Crippen molar-refractivity contribution in [1.82, 2.24) is 0 Å². The smallest absolute Gasteiger partial charge is 0.325 e. The van der Waals surface area contributed by atoms with Gasteiger partial charge >= 0.3 is 5.97 Å². The van der Waals surface area contributed by atoms with Crippen LogP contribution in [0, 0.1) is 6.92 Å². The molecule has 0 heterocycles. The average Bonchev–Trinajstić information content (AvgIpc) is 2.67. The molecule has 0 aromatic heterocycles. The molecule has 4 nitrogen and oxygen atoms in total. The third-order valence-corrected chi connectivity index (χ3v) is 5.15. The van der Waals surface area contributed by atoms with E-state index in [4.69, 9.17) is 32.7 Å². The maximum atomic E-state index is 11.5. The van der Waals surface area contributed by atoms with Crippen LogP contribution in [0.25, 0.3) is 21.9 Å². The van der Waals surface area contributed by atoms with Crippen molar-refractivity contribution in [1.29, 1.82) is 0 Å². The van der Waals surface area contributed by atoms with E-state index in [0.717, 1.165) is 33.2 Å². The largest absolute Gasteiger partial charge is 0.496 e. The minimum atomic E-state index is -0.336. The molecular weight excluding hydrogens is 397 g/mol. The Morgan fingerprint density at radius 1 is 1.07 bits per heavy atom. The molecule has 0 atom stereocenters. The van der Waals surface area contributed by atoms with Gasteiger partial charge in [-0.15, -0.1) is 0 Å². The first-order chi connectivity index (χ1) is 13.5. The lowest BCUT2D eigenvalue weighted by atomic mass is 9.95. The molecule has 0 aliphatic carbocycles. The lowest BCUT2D eigenvalue weighted by molar-refractivity contribution is -0.140. The second-order valence-electron chi connectivity index (χ2n) is 6.27. The predicted molar refractivity (Wildman–Crippen MR) is 116 cm³/mol. The lowest BCUT2D eigenvalue weighted by Crippen LogP contribution is -2.16. The van der Waals surface area contributed by atoms with Crippen LogP contribution in [0.15, 0.2) is 42.5 Å². The monoisotopic (exact) mass is 417 g/mol. The van der Waals surface area contributed by atoms with Crippen LogP contribution in [0.3, 0.4) is 0 Å². The molecule has 3 aromatic rings. The Hall–Kier alpha value is -2.43. The highest BCUT2D eigenvalue weighted by Gasteiger charge is 2.15. The Morgan fingerprint density at radius 3 is 2.43 bits per heavy atom. The van der Waals surface area contributed by atoms with Crippen molar-refractivity contribution in [3.8, 4) is 16.9 Å². The first-order valence-corrected chi connectivity index (χ1v) is 9.67. The first kappa shape index (κ1) is 20.3. The van der Waals surface area contributed by atoms with E-state index < -0.39 is 0 Å². The van der Waals surface area contributed by atoms with Gasteiger partial charge in [0.2, 0.25) is 0 Å². The summed E-state index contributed by atoms with van der Waals surface area (Å²) >= 11 is 13.2. The van der Waals surface area contributed by atoms with Crippen LogP contribution in [0.2, 0.25) is 10.0 Å². The fraction of sp³-hybridized carbons (Fsp3) is 0.227. The van der Waals surface area contributed by atoms with Gasteiger partial charge < -0.3 is 14.8 Å². The molecule has 0 saturated heterocycles. The van der Waals surface area contributed by atoms with Crippen LogP contribution >= 0.6 is 23.2 Å². The van der Waals surface area contributed by atoms with Gasteiger partial charge in [-0.3, -0.25) is 4.79 Å². The fourth-order valence-electron chi connectivity index (χ4n) is 3.25. The van der Waals surface area contributed by atoms with Crippen molar-refractivity contribution in [2.45, 2.75) is 13.8 Å². The molecular formula is C22H21Cl2NO3. The number of nitrogens with one attached hydrogen (secondary N) is 1. The molecule has 28 heavy (non-hydrogen) atoms. The third-order valence-electron chi connectivity index (χ3n) is 4.55. The maximum absolute atomic E-state index is 11.5. The molecule has 0 aliphatic heterocycles. The van der Waals surface area contributed by atoms with E-state index in [1.165, 1.54) is 0 Å². The van der Waals surface area contributed by atoms with Gasteiger partial charge in [0.1, 0.15) is 12.3 Å². The Morgan fingerprint density at radius 2 is 1.79 bits per heavy atom. The molecule has 6 heteroatoms. The van der Waals surface area contributed by atoms with Crippen molar-refractivity contribution in [3.63, 3.8) is 0 Å². The van der Waals surface area contributed by atoms with Crippen molar-refractivity contribution in [2.24, 2.45) is 0 Å². The van der Waals surface area contributed by atoms with E-state index >= 15 is 0 Å². The highest BCUT2D eigenvalue weighted by atomic mass is 35.5. The summed E-state index contributed by atoms with van der Waals surface area (Å²) in [7, 11) is 1.66. The van der Waals surface area contributed by atoms with Crippen molar-refractivity contribution in [3.05, 3.63) is 58.1 Å². The Labute approximate surface area is 174 Å². The van der Waals surface area contributed by atoms with Crippen LogP contribution in [-0.4, -0.2) is 26.2 Å². The van der Waals surface area contributed by atoms with Crippen molar-refractivity contribution < 1.29 is 14.3 Å². The second kappa shape index (κ2) is 8.72. The van der Waals surface area contributed by atoms with Crippen molar-refractivity contribution >= 4 is 45.6 Å². The summed E-state index contributed by atoms with van der Waals surface area (Å²) in [6, 6.07) is 13.5. The molecule has 3 rings (SSSR count). The van der Waals surface area contributed by atoms with Crippen LogP contribution in [-0.2, 0) is 9.53 Å². The molecule has 1 N–H and O–H groups in total. The maximum Gasteiger partial charge on any atom is 0.325 e. The van der Waals surface area contributed by atoms with E-state index in [9.17, 15) is 4.79 Å². The van der Waals surface area contributed by atoms with Gasteiger partial charge in [-0.25, -0.2) is 0 Å². The first-order valence-electron chi connectivity index (χ1n) is 8.91. The summed E-state index contributed by atoms with van der Waals surface area (Å²) < 4.78 is 10.3. The number of ether oxygens (including phenoxy) is 2. The highest BCUT2D eigenvalue weighted by Crippen LogP contribution is 2.41. The standard InChI is InChI=1S/C22H21Cl2NO3/c1-4-28-21(26)12-25-14-10-18(23)22(19(24)11-14)17-7-5-6-15-13(2)20(27-3)9-8-16(15)17/h5-11,25H,4,12H2,1-3H3. The number of aryl methyl sites for hydroxylation is 1. The summed E-state index contributed by atoms with van der Waals surface area (Å²) in [5, 5.41) is 6.11. The summed E-state index contributed by atoms with van der Waals surface area (Å²) in [5.74, 6) is 0.498. The van der Waals surface area contributed by atoms with Gasteiger partial charge in [0.25, 0.3) is 0 Å². The SMILES string of the molecule is CCOC(=O)CNc1cc(Cl)c(-c2cccc3c(C)c(OC)ccc23)c(Cl)c1. The normalized spacial score (nSPS) is 10.8. The summed E-state index contributed by atoms with van der Waals surface area (Å²) in [5.41, 5.74) is 3.40. The highest BCUT2D eigenvalue weighted by molar-refractivity contribution is 6.40. The Balaban J connectivity index is 2.02. The number of hydrogen-bond acceptors (Lipinski definition) is 4. The Kier molecular flexibility index (Phi) is 6.32. The van der Waals surface area contributed by atoms with E-state index in [2.05, 4.69) is 5.32 Å². The van der Waals surface area contributed by atoms with Gasteiger partial charge in [-0.2, -0.15) is 0 Å². The number of carbonyl (C=O) groups is 1. The lowest BCUT2D eigenvalue weighted by Gasteiger charge is -2.15. The van der Waals surface area contributed by atoms with Gasteiger partial charge in [-0.05, 0) is 53.9 Å². The molecule has 0 fully saturated rings. The second-order valence-corrected chi connectivity index (χ2v) is 7.08. The molecule has 0 amide bonds. The van der Waals surface area contributed by atoms with Gasteiger partial charge in [-0.1, -0.05) is 47.5 Å². The number of esters is 1. The number of benzene rings is 3. The number of hydrogen-bond donors (Lipinski definition) is 1. The number of rotatable bonds is 6. The van der Waals surface area contributed by atoms with E-state index in [1.54, 1.807) is 26.2 Å². The van der Waals surface area contributed by atoms with Crippen molar-refractivity contribution in [2.75, 3.05) is 25.6 Å². The number of methoxy groups -OCH3 is 1. The zero-order valence-electron chi connectivity index (χ0n) is 15.9. The molecule has 0 aliphatic rings. The molecule has 0 spiro atoms. The summed E-state index contributed by atoms with van der Waals surface area (Å²) in [6.07, 6.45) is 0. The topological polar surface area (TPSA) is 47.6 Å². The van der Waals surface area contributed by atoms with E-state index in [0.29, 0.717) is 22.3 Å².